The molecule has 2 N–H and O–H groups in total. The van der Waals surface area contributed by atoms with Crippen molar-refractivity contribution in [3.8, 4) is 0 Å². The Morgan fingerprint density at radius 2 is 2.21 bits per heavy atom. The molecule has 0 aliphatic carbocycles. The lowest BCUT2D eigenvalue weighted by molar-refractivity contribution is 0.0690. The minimum atomic E-state index is -1.00. The molecule has 0 spiro atoms. The highest BCUT2D eigenvalue weighted by Crippen LogP contribution is 2.31. The number of hydrogen-bond acceptors (Lipinski definition) is 4. The van der Waals surface area contributed by atoms with E-state index in [9.17, 15) is 4.79 Å². The number of carbonyl (C=O) groups is 1. The Labute approximate surface area is 120 Å². The average Bonchev–Trinajstić information content (AvgIpc) is 2.73. The number of thiazole rings is 1. The van der Waals surface area contributed by atoms with Gasteiger partial charge in [0.2, 0.25) is 0 Å². The van der Waals surface area contributed by atoms with Gasteiger partial charge in [-0.25, -0.2) is 9.78 Å². The van der Waals surface area contributed by atoms with E-state index in [-0.39, 0.29) is 11.6 Å². The monoisotopic (exact) mass is 296 g/mol. The number of carboxylic acid groups (broad SMARTS) is 1. The molecule has 0 radical (unpaired) electrons. The first-order chi connectivity index (χ1) is 8.97. The molecule has 0 aliphatic heterocycles. The number of nitrogens with one attached hydrogen (secondary N) is 1. The molecule has 6 heteroatoms. The Hall–Kier alpha value is -1.59. The van der Waals surface area contributed by atoms with Crippen LogP contribution in [0.3, 0.4) is 0 Å². The van der Waals surface area contributed by atoms with Crippen molar-refractivity contribution < 1.29 is 9.90 Å². The Bertz CT molecular complexity index is 610. The number of halogens is 1. The number of carboxylic acids is 1. The van der Waals surface area contributed by atoms with Crippen molar-refractivity contribution in [3.05, 3.63) is 39.9 Å². The molecular formula is C13H13ClN2O2S. The predicted molar refractivity (Wildman–Crippen MR) is 77.9 cm³/mol. The molecule has 1 aromatic carbocycles. The minimum absolute atomic E-state index is 0.115. The molecule has 0 amide bonds. The van der Waals surface area contributed by atoms with E-state index in [4.69, 9.17) is 16.7 Å². The Morgan fingerprint density at radius 3 is 2.74 bits per heavy atom. The molecule has 1 heterocycles. The molecule has 0 unspecified atom stereocenters. The fraction of sp³-hybridized carbons (Fsp3) is 0.231. The third-order valence-electron chi connectivity index (χ3n) is 2.46. The van der Waals surface area contributed by atoms with Crippen molar-refractivity contribution in [2.24, 2.45) is 0 Å². The average molecular weight is 297 g/mol. The van der Waals surface area contributed by atoms with Crippen molar-refractivity contribution >= 4 is 39.7 Å². The molecule has 2 rings (SSSR count). The summed E-state index contributed by atoms with van der Waals surface area (Å²) in [5.41, 5.74) is 0.901. The van der Waals surface area contributed by atoms with E-state index < -0.39 is 5.97 Å². The molecule has 0 atom stereocenters. The first kappa shape index (κ1) is 13.8. The fourth-order valence-electron chi connectivity index (χ4n) is 1.62. The van der Waals surface area contributed by atoms with Gasteiger partial charge in [-0.05, 0) is 24.1 Å². The summed E-state index contributed by atoms with van der Waals surface area (Å²) in [4.78, 5) is 16.0. The number of aromatic carboxylic acids is 1. The predicted octanol–water partition coefficient (Wildman–Crippen LogP) is 4.36. The van der Waals surface area contributed by atoms with Gasteiger partial charge in [0.05, 0.1) is 0 Å². The first-order valence-electron chi connectivity index (χ1n) is 5.74. The summed E-state index contributed by atoms with van der Waals surface area (Å²) in [5, 5.41) is 13.4. The molecule has 0 aliphatic rings. The van der Waals surface area contributed by atoms with Crippen LogP contribution in [0.1, 0.15) is 35.1 Å². The van der Waals surface area contributed by atoms with E-state index in [0.29, 0.717) is 10.2 Å². The van der Waals surface area contributed by atoms with Crippen LogP contribution in [0.25, 0.3) is 0 Å². The lowest BCUT2D eigenvalue weighted by Gasteiger charge is -2.02. The Balaban J connectivity index is 2.31. The van der Waals surface area contributed by atoms with Crippen LogP contribution in [0, 0.1) is 0 Å². The second kappa shape index (κ2) is 5.59. The van der Waals surface area contributed by atoms with Gasteiger partial charge in [0.1, 0.15) is 0 Å². The largest absolute Gasteiger partial charge is 0.476 e. The summed E-state index contributed by atoms with van der Waals surface area (Å²) in [5.74, 6) is -0.877. The van der Waals surface area contributed by atoms with Gasteiger partial charge < -0.3 is 10.4 Å². The van der Waals surface area contributed by atoms with Crippen LogP contribution in [0.2, 0.25) is 5.02 Å². The van der Waals surface area contributed by atoms with E-state index in [1.165, 1.54) is 11.3 Å². The van der Waals surface area contributed by atoms with Crippen LogP contribution in [0.4, 0.5) is 10.8 Å². The molecule has 0 fully saturated rings. The maximum Gasteiger partial charge on any atom is 0.355 e. The molecule has 4 nitrogen and oxygen atoms in total. The highest BCUT2D eigenvalue weighted by Gasteiger charge is 2.19. The highest BCUT2D eigenvalue weighted by atomic mass is 35.5. The van der Waals surface area contributed by atoms with E-state index in [2.05, 4.69) is 10.3 Å². The molecule has 0 saturated carbocycles. The van der Waals surface area contributed by atoms with Crippen molar-refractivity contribution in [2.45, 2.75) is 19.8 Å². The normalized spacial score (nSPS) is 10.7. The van der Waals surface area contributed by atoms with Crippen molar-refractivity contribution in [1.29, 1.82) is 0 Å². The zero-order valence-electron chi connectivity index (χ0n) is 10.5. The molecule has 0 saturated heterocycles. The lowest BCUT2D eigenvalue weighted by atomic mass is 10.1. The van der Waals surface area contributed by atoms with E-state index in [1.807, 2.05) is 26.0 Å². The van der Waals surface area contributed by atoms with Crippen molar-refractivity contribution in [2.75, 3.05) is 5.32 Å². The Morgan fingerprint density at radius 1 is 1.47 bits per heavy atom. The number of rotatable bonds is 4. The maximum absolute atomic E-state index is 11.1. The third-order valence-corrected chi connectivity index (χ3v) is 3.96. The van der Waals surface area contributed by atoms with Gasteiger partial charge >= 0.3 is 5.97 Å². The molecule has 0 bridgehead atoms. The van der Waals surface area contributed by atoms with Crippen LogP contribution in [0.15, 0.2) is 24.3 Å². The molecule has 100 valence electrons. The summed E-state index contributed by atoms with van der Waals surface area (Å²) in [7, 11) is 0. The Kier molecular flexibility index (Phi) is 4.07. The van der Waals surface area contributed by atoms with Gasteiger partial charge in [0, 0.05) is 15.6 Å². The van der Waals surface area contributed by atoms with Gasteiger partial charge in [-0.3, -0.25) is 0 Å². The number of hydrogen-bond donors (Lipinski definition) is 2. The SMILES string of the molecule is CC(C)c1sc(Nc2cccc(Cl)c2)nc1C(=O)O. The zero-order chi connectivity index (χ0) is 14.0. The second-order valence-electron chi connectivity index (χ2n) is 4.33. The van der Waals surface area contributed by atoms with Crippen LogP contribution in [0.5, 0.6) is 0 Å². The summed E-state index contributed by atoms with van der Waals surface area (Å²) in [6, 6.07) is 7.21. The van der Waals surface area contributed by atoms with Crippen LogP contribution in [-0.4, -0.2) is 16.1 Å². The highest BCUT2D eigenvalue weighted by molar-refractivity contribution is 7.16. The summed E-state index contributed by atoms with van der Waals surface area (Å²) in [6.45, 7) is 3.90. The van der Waals surface area contributed by atoms with E-state index >= 15 is 0 Å². The van der Waals surface area contributed by atoms with Gasteiger partial charge in [0.15, 0.2) is 10.8 Å². The fourth-order valence-corrected chi connectivity index (χ4v) is 2.79. The molecule has 2 aromatic rings. The molecule has 1 aromatic heterocycles. The molecular weight excluding hydrogens is 284 g/mol. The number of benzene rings is 1. The second-order valence-corrected chi connectivity index (χ2v) is 5.79. The van der Waals surface area contributed by atoms with E-state index in [1.54, 1.807) is 12.1 Å². The van der Waals surface area contributed by atoms with E-state index in [0.717, 1.165) is 10.6 Å². The van der Waals surface area contributed by atoms with Crippen molar-refractivity contribution in [1.82, 2.24) is 4.98 Å². The topological polar surface area (TPSA) is 62.2 Å². The zero-order valence-corrected chi connectivity index (χ0v) is 12.0. The van der Waals surface area contributed by atoms with Gasteiger partial charge in [-0.1, -0.05) is 31.5 Å². The molecule has 19 heavy (non-hydrogen) atoms. The lowest BCUT2D eigenvalue weighted by Crippen LogP contribution is -2.02. The van der Waals surface area contributed by atoms with Gasteiger partial charge in [0.25, 0.3) is 0 Å². The minimum Gasteiger partial charge on any atom is -0.476 e. The third kappa shape index (κ3) is 3.24. The summed E-state index contributed by atoms with van der Waals surface area (Å²) < 4.78 is 0. The van der Waals surface area contributed by atoms with Crippen LogP contribution < -0.4 is 5.32 Å². The smallest absolute Gasteiger partial charge is 0.355 e. The maximum atomic E-state index is 11.1. The standard InChI is InChI=1S/C13H13ClN2O2S/c1-7(2)11-10(12(17)18)16-13(19-11)15-9-5-3-4-8(14)6-9/h3-7H,1-2H3,(H,15,16)(H,17,18). The van der Waals surface area contributed by atoms with Crippen LogP contribution >= 0.6 is 22.9 Å². The number of anilines is 2. The summed E-state index contributed by atoms with van der Waals surface area (Å²) in [6.07, 6.45) is 0. The summed E-state index contributed by atoms with van der Waals surface area (Å²) >= 11 is 7.25. The van der Waals surface area contributed by atoms with Gasteiger partial charge in [-0.2, -0.15) is 0 Å². The number of nitrogens with zero attached hydrogens (tertiary/aromatic N) is 1. The van der Waals surface area contributed by atoms with Crippen molar-refractivity contribution in [3.63, 3.8) is 0 Å². The quantitative estimate of drug-likeness (QED) is 0.880. The van der Waals surface area contributed by atoms with Gasteiger partial charge in [-0.15, -0.1) is 11.3 Å². The van der Waals surface area contributed by atoms with Crippen LogP contribution in [-0.2, 0) is 0 Å². The first-order valence-corrected chi connectivity index (χ1v) is 6.93. The number of aromatic nitrogens is 1.